The summed E-state index contributed by atoms with van der Waals surface area (Å²) >= 11 is 0. The normalized spacial score (nSPS) is 14.7. The zero-order chi connectivity index (χ0) is 31.9. The van der Waals surface area contributed by atoms with Crippen LogP contribution in [-0.4, -0.2) is 9.13 Å². The van der Waals surface area contributed by atoms with Gasteiger partial charge in [0.25, 0.3) is 0 Å². The molecule has 0 N–H and O–H groups in total. The van der Waals surface area contributed by atoms with Gasteiger partial charge in [-0.1, -0.05) is 114 Å². The first-order chi connectivity index (χ1) is 22.1. The van der Waals surface area contributed by atoms with Gasteiger partial charge in [-0.3, -0.25) is 0 Å². The summed E-state index contributed by atoms with van der Waals surface area (Å²) in [5.74, 6) is 0. The Balaban J connectivity index is 0.000000963. The minimum absolute atomic E-state index is 0.961. The summed E-state index contributed by atoms with van der Waals surface area (Å²) in [4.78, 5) is 0. The Morgan fingerprint density at radius 3 is 2.16 bits per heavy atom. The molecule has 0 spiro atoms. The maximum absolute atomic E-state index is 2.48. The molecular formula is C43H48N2. The molecule has 45 heavy (non-hydrogen) atoms. The molecule has 0 saturated heterocycles. The first kappa shape index (κ1) is 31.9. The molecule has 230 valence electrons. The number of aryl methyl sites for hydroxylation is 1. The summed E-state index contributed by atoms with van der Waals surface area (Å²) in [5, 5.41) is 3.97. The minimum atomic E-state index is 0.961. The Labute approximate surface area is 270 Å². The van der Waals surface area contributed by atoms with E-state index in [9.17, 15) is 0 Å². The topological polar surface area (TPSA) is 9.86 Å². The molecule has 0 aliphatic heterocycles. The van der Waals surface area contributed by atoms with Crippen molar-refractivity contribution in [2.45, 2.75) is 74.1 Å². The van der Waals surface area contributed by atoms with Gasteiger partial charge >= 0.3 is 0 Å². The predicted octanol–water partition coefficient (Wildman–Crippen LogP) is 13.0. The monoisotopic (exact) mass is 592 g/mol. The van der Waals surface area contributed by atoms with Gasteiger partial charge in [0.1, 0.15) is 0 Å². The third-order valence-electron chi connectivity index (χ3n) is 8.71. The Morgan fingerprint density at radius 1 is 0.733 bits per heavy atom. The number of aromatic nitrogens is 2. The zero-order valence-corrected chi connectivity index (χ0v) is 28.2. The van der Waals surface area contributed by atoms with Gasteiger partial charge in [-0.2, -0.15) is 0 Å². The summed E-state index contributed by atoms with van der Waals surface area (Å²) in [6, 6.07) is 24.4. The highest BCUT2D eigenvalue weighted by molar-refractivity contribution is 6.10. The van der Waals surface area contributed by atoms with Gasteiger partial charge < -0.3 is 9.13 Å². The van der Waals surface area contributed by atoms with Crippen molar-refractivity contribution < 1.29 is 0 Å². The van der Waals surface area contributed by atoms with Crippen molar-refractivity contribution in [1.29, 1.82) is 0 Å². The molecule has 2 heterocycles. The quantitative estimate of drug-likeness (QED) is 0.180. The fraction of sp³-hybridized carbons (Fsp3) is 0.256. The molecule has 3 aromatic carbocycles. The van der Waals surface area contributed by atoms with E-state index in [2.05, 4.69) is 145 Å². The molecule has 0 bridgehead atoms. The van der Waals surface area contributed by atoms with Crippen molar-refractivity contribution in [1.82, 2.24) is 9.13 Å². The third-order valence-corrected chi connectivity index (χ3v) is 8.71. The van der Waals surface area contributed by atoms with Crippen LogP contribution >= 0.6 is 0 Å². The van der Waals surface area contributed by atoms with Gasteiger partial charge in [0.05, 0.1) is 22.2 Å². The second-order valence-electron chi connectivity index (χ2n) is 11.3. The van der Waals surface area contributed by atoms with Crippen molar-refractivity contribution in [3.63, 3.8) is 0 Å². The maximum atomic E-state index is 2.48. The summed E-state index contributed by atoms with van der Waals surface area (Å²) < 4.78 is 4.93. The highest BCUT2D eigenvalue weighted by Crippen LogP contribution is 2.37. The summed E-state index contributed by atoms with van der Waals surface area (Å²) in [5.41, 5.74) is 13.2. The van der Waals surface area contributed by atoms with Crippen molar-refractivity contribution in [2.24, 2.45) is 0 Å². The molecule has 0 unspecified atom stereocenters. The van der Waals surface area contributed by atoms with Gasteiger partial charge in [-0.15, -0.1) is 0 Å². The zero-order valence-electron chi connectivity index (χ0n) is 28.2. The molecule has 0 saturated carbocycles. The van der Waals surface area contributed by atoms with E-state index in [0.29, 0.717) is 0 Å². The van der Waals surface area contributed by atoms with E-state index >= 15 is 0 Å². The van der Waals surface area contributed by atoms with Crippen LogP contribution in [0.3, 0.4) is 0 Å². The summed E-state index contributed by atoms with van der Waals surface area (Å²) in [7, 11) is 0. The van der Waals surface area contributed by atoms with Crippen LogP contribution in [0.1, 0.15) is 84.0 Å². The number of nitrogens with zero attached hydrogens (tertiary/aromatic N) is 2. The lowest BCUT2D eigenvalue weighted by Crippen LogP contribution is -2.02. The average Bonchev–Trinajstić information content (AvgIpc) is 3.46. The van der Waals surface area contributed by atoms with Crippen molar-refractivity contribution in [3.05, 3.63) is 131 Å². The number of fused-ring (bicyclic) bond motifs is 6. The summed E-state index contributed by atoms with van der Waals surface area (Å²) in [6.45, 7) is 14.7. The Morgan fingerprint density at radius 2 is 1.42 bits per heavy atom. The van der Waals surface area contributed by atoms with Crippen LogP contribution in [-0.2, 0) is 0 Å². The lowest BCUT2D eigenvalue weighted by molar-refractivity contribution is 0.932. The van der Waals surface area contributed by atoms with Crippen LogP contribution in [0, 0.1) is 6.92 Å². The first-order valence-electron chi connectivity index (χ1n) is 16.9. The number of hydrogen-bond acceptors (Lipinski definition) is 0. The Hall–Kier alpha value is -4.56. The van der Waals surface area contributed by atoms with Crippen molar-refractivity contribution >= 4 is 56.3 Å². The molecule has 0 atom stereocenters. The van der Waals surface area contributed by atoms with Crippen LogP contribution in [0.5, 0.6) is 0 Å². The number of hydrogen-bond donors (Lipinski definition) is 0. The maximum Gasteiger partial charge on any atom is 0.0540 e. The molecule has 2 aliphatic carbocycles. The second-order valence-corrected chi connectivity index (χ2v) is 11.3. The summed E-state index contributed by atoms with van der Waals surface area (Å²) in [6.07, 6.45) is 22.4. The molecule has 7 rings (SSSR count). The number of rotatable bonds is 5. The average molecular weight is 593 g/mol. The Kier molecular flexibility index (Phi) is 10.2. The van der Waals surface area contributed by atoms with E-state index in [0.717, 1.165) is 25.7 Å². The minimum Gasteiger partial charge on any atom is -0.313 e. The highest BCUT2D eigenvalue weighted by Gasteiger charge is 2.18. The number of para-hydroxylation sites is 2. The predicted molar refractivity (Wildman–Crippen MR) is 201 cm³/mol. The van der Waals surface area contributed by atoms with Crippen LogP contribution < -0.4 is 0 Å². The molecule has 0 radical (unpaired) electrons. The van der Waals surface area contributed by atoms with Crippen molar-refractivity contribution in [3.8, 4) is 0 Å². The van der Waals surface area contributed by atoms with E-state index in [-0.39, 0.29) is 0 Å². The van der Waals surface area contributed by atoms with Gasteiger partial charge in [0.2, 0.25) is 0 Å². The van der Waals surface area contributed by atoms with E-state index in [1.54, 1.807) is 0 Å². The molecule has 2 heteroatoms. The molecule has 2 nitrogen and oxygen atoms in total. The SMILES string of the molecule is CC.CC.CC/C(=C\C=C(/C)C1=CC=C(n2c3ccccc3c3ccc(C)cc32)CC1)n1c2c(c3ccccc31)C=CCC=C2. The van der Waals surface area contributed by atoms with E-state index < -0.39 is 0 Å². The fourth-order valence-corrected chi connectivity index (χ4v) is 6.59. The molecular weight excluding hydrogens is 544 g/mol. The van der Waals surface area contributed by atoms with Crippen LogP contribution in [0.25, 0.3) is 56.3 Å². The van der Waals surface area contributed by atoms with Gasteiger partial charge in [0, 0.05) is 33.1 Å². The molecule has 2 aromatic heterocycles. The largest absolute Gasteiger partial charge is 0.313 e. The third kappa shape index (κ3) is 6.07. The lowest BCUT2D eigenvalue weighted by Gasteiger charge is -2.18. The van der Waals surface area contributed by atoms with Crippen LogP contribution in [0.2, 0.25) is 0 Å². The van der Waals surface area contributed by atoms with E-state index in [1.807, 2.05) is 27.7 Å². The highest BCUT2D eigenvalue weighted by atomic mass is 15.0. The van der Waals surface area contributed by atoms with Gasteiger partial charge in [-0.25, -0.2) is 0 Å². The molecule has 5 aromatic rings. The van der Waals surface area contributed by atoms with E-state index in [4.69, 9.17) is 0 Å². The van der Waals surface area contributed by atoms with Crippen molar-refractivity contribution in [2.75, 3.05) is 0 Å². The smallest absolute Gasteiger partial charge is 0.0540 e. The first-order valence-corrected chi connectivity index (χ1v) is 16.9. The lowest BCUT2D eigenvalue weighted by atomic mass is 9.96. The molecule has 2 aliphatic rings. The standard InChI is InChI=1S/C39H36N2.2C2H6/c1-4-30(40-36-15-7-5-6-12-32(36)33-13-8-10-16-37(33)40)22-19-28(3)29-20-23-31(24-21-29)41-38-17-11-9-14-34(38)35-25-18-27(2)26-39(35)41;2*1-2/h6-20,22-23,25-26H,4-5,21,24H2,1-3H3;2*1-2H3/b28-19+,30-22+;;. The molecule has 0 amide bonds. The Bertz CT molecular complexity index is 2010. The number of allylic oxidation sites excluding steroid dienone is 10. The van der Waals surface area contributed by atoms with E-state index in [1.165, 1.54) is 72.1 Å². The van der Waals surface area contributed by atoms with Gasteiger partial charge in [-0.05, 0) is 92.7 Å². The fourth-order valence-electron chi connectivity index (χ4n) is 6.59. The van der Waals surface area contributed by atoms with Crippen LogP contribution in [0.15, 0.2) is 114 Å². The van der Waals surface area contributed by atoms with Crippen LogP contribution in [0.4, 0.5) is 0 Å². The van der Waals surface area contributed by atoms with Gasteiger partial charge in [0.15, 0.2) is 0 Å². The second kappa shape index (κ2) is 14.5. The number of benzene rings is 3. The molecule has 0 fully saturated rings.